The normalized spacial score (nSPS) is 11.5. The molecule has 21 heavy (non-hydrogen) atoms. The molecule has 0 bridgehead atoms. The number of aromatic amines is 1. The van der Waals surface area contributed by atoms with Crippen molar-refractivity contribution < 1.29 is 17.7 Å². The van der Waals surface area contributed by atoms with Gasteiger partial charge < -0.3 is 4.98 Å². The van der Waals surface area contributed by atoms with Crippen LogP contribution >= 0.6 is 0 Å². The van der Waals surface area contributed by atoms with Crippen molar-refractivity contribution in [2.75, 3.05) is 0 Å². The Labute approximate surface area is 120 Å². The van der Waals surface area contributed by atoms with E-state index in [1.54, 1.807) is 18.5 Å². The lowest BCUT2D eigenvalue weighted by molar-refractivity contribution is -0.387. The van der Waals surface area contributed by atoms with Crippen molar-refractivity contribution in [1.29, 1.82) is 0 Å². The van der Waals surface area contributed by atoms with Crippen LogP contribution in [0.3, 0.4) is 0 Å². The van der Waals surface area contributed by atoms with Gasteiger partial charge in [-0.2, -0.15) is 4.39 Å². The Hall–Kier alpha value is -2.26. The topological polar surface area (TPSA) is 105 Å². The molecule has 0 amide bonds. The summed E-state index contributed by atoms with van der Waals surface area (Å²) in [5.74, 6) is -1.07. The molecular formula is C12H12FN3O4S. The number of halogens is 1. The molecule has 0 unspecified atom stereocenters. The first-order valence-corrected chi connectivity index (χ1v) is 7.35. The Morgan fingerprint density at radius 1 is 1.43 bits per heavy atom. The summed E-state index contributed by atoms with van der Waals surface area (Å²) in [6.07, 6.45) is 3.25. The zero-order valence-electron chi connectivity index (χ0n) is 11.0. The Morgan fingerprint density at radius 3 is 2.71 bits per heavy atom. The number of nitro groups is 1. The molecule has 2 N–H and O–H groups in total. The fourth-order valence-corrected chi connectivity index (χ4v) is 3.06. The van der Waals surface area contributed by atoms with Crippen LogP contribution in [0, 0.1) is 22.9 Å². The molecule has 112 valence electrons. The fourth-order valence-electron chi connectivity index (χ4n) is 1.80. The second-order valence-electron chi connectivity index (χ2n) is 4.37. The predicted molar refractivity (Wildman–Crippen MR) is 72.6 cm³/mol. The second kappa shape index (κ2) is 5.62. The van der Waals surface area contributed by atoms with Crippen molar-refractivity contribution >= 4 is 15.7 Å². The third kappa shape index (κ3) is 3.26. The number of sulfonamides is 1. The summed E-state index contributed by atoms with van der Waals surface area (Å²) in [6, 6.07) is 3.25. The molecule has 0 aliphatic rings. The lowest BCUT2D eigenvalue weighted by atomic mass is 10.2. The molecule has 1 heterocycles. The summed E-state index contributed by atoms with van der Waals surface area (Å²) < 4.78 is 40.1. The van der Waals surface area contributed by atoms with Gasteiger partial charge in [0.2, 0.25) is 15.8 Å². The van der Waals surface area contributed by atoms with Crippen LogP contribution in [0.1, 0.15) is 11.1 Å². The fraction of sp³-hybridized carbons (Fsp3) is 0.167. The molecule has 0 saturated heterocycles. The first-order valence-electron chi connectivity index (χ1n) is 5.87. The van der Waals surface area contributed by atoms with Gasteiger partial charge in [-0.05, 0) is 30.2 Å². The minimum absolute atomic E-state index is 0.0243. The van der Waals surface area contributed by atoms with Crippen LogP contribution in [-0.4, -0.2) is 18.3 Å². The van der Waals surface area contributed by atoms with E-state index in [1.165, 1.54) is 6.92 Å². The third-order valence-electron chi connectivity index (χ3n) is 2.86. The highest BCUT2D eigenvalue weighted by Gasteiger charge is 2.24. The van der Waals surface area contributed by atoms with Crippen LogP contribution in [-0.2, 0) is 16.6 Å². The summed E-state index contributed by atoms with van der Waals surface area (Å²) in [5.41, 5.74) is -0.0740. The van der Waals surface area contributed by atoms with Gasteiger partial charge in [-0.1, -0.05) is 0 Å². The first kappa shape index (κ1) is 15.1. The maximum atomic E-state index is 13.4. The van der Waals surface area contributed by atoms with E-state index in [9.17, 15) is 22.9 Å². The molecule has 0 fully saturated rings. The largest absolute Gasteiger partial charge is 0.367 e. The van der Waals surface area contributed by atoms with E-state index in [0.29, 0.717) is 5.56 Å². The Bertz CT molecular complexity index is 772. The Morgan fingerprint density at radius 2 is 2.14 bits per heavy atom. The molecule has 1 aromatic heterocycles. The summed E-state index contributed by atoms with van der Waals surface area (Å²) in [5, 5.41) is 10.7. The van der Waals surface area contributed by atoms with Gasteiger partial charge in [-0.15, -0.1) is 0 Å². The molecular weight excluding hydrogens is 301 g/mol. The van der Waals surface area contributed by atoms with E-state index in [2.05, 4.69) is 9.71 Å². The van der Waals surface area contributed by atoms with Gasteiger partial charge in [0.25, 0.3) is 0 Å². The monoisotopic (exact) mass is 313 g/mol. The number of aromatic nitrogens is 1. The number of nitrogens with one attached hydrogen (secondary N) is 2. The molecule has 9 heteroatoms. The molecule has 1 aromatic carbocycles. The molecule has 7 nitrogen and oxygen atoms in total. The number of nitrogens with zero attached hydrogens (tertiary/aromatic N) is 1. The highest BCUT2D eigenvalue weighted by atomic mass is 32.2. The first-order chi connectivity index (χ1) is 9.81. The molecule has 2 rings (SSSR count). The summed E-state index contributed by atoms with van der Waals surface area (Å²) in [4.78, 5) is 12.2. The van der Waals surface area contributed by atoms with Gasteiger partial charge >= 0.3 is 5.69 Å². The molecule has 0 radical (unpaired) electrons. The molecule has 0 saturated carbocycles. The Kier molecular flexibility index (Phi) is 4.05. The lowest BCUT2D eigenvalue weighted by Crippen LogP contribution is -2.24. The number of benzene rings is 1. The SMILES string of the molecule is Cc1cc(F)c([N+](=O)[O-])cc1S(=O)(=O)NCc1cc[nH]c1. The van der Waals surface area contributed by atoms with Crippen LogP contribution < -0.4 is 4.72 Å². The zero-order valence-corrected chi connectivity index (χ0v) is 11.8. The summed E-state index contributed by atoms with van der Waals surface area (Å²) >= 11 is 0. The van der Waals surface area contributed by atoms with Crippen LogP contribution in [0.2, 0.25) is 0 Å². The highest BCUT2D eigenvalue weighted by Crippen LogP contribution is 2.25. The maximum absolute atomic E-state index is 13.4. The van der Waals surface area contributed by atoms with E-state index in [1.807, 2.05) is 0 Å². The summed E-state index contributed by atoms with van der Waals surface area (Å²) in [6.45, 7) is 1.40. The highest BCUT2D eigenvalue weighted by molar-refractivity contribution is 7.89. The number of hydrogen-bond acceptors (Lipinski definition) is 4. The summed E-state index contributed by atoms with van der Waals surface area (Å²) in [7, 11) is -3.97. The van der Waals surface area contributed by atoms with Crippen molar-refractivity contribution in [2.45, 2.75) is 18.4 Å². The van der Waals surface area contributed by atoms with Crippen molar-refractivity contribution in [3.8, 4) is 0 Å². The van der Waals surface area contributed by atoms with E-state index >= 15 is 0 Å². The quantitative estimate of drug-likeness (QED) is 0.649. The van der Waals surface area contributed by atoms with Crippen LogP contribution in [0.5, 0.6) is 0 Å². The smallest absolute Gasteiger partial charge is 0.306 e. The zero-order chi connectivity index (χ0) is 15.6. The van der Waals surface area contributed by atoms with Gasteiger partial charge in [0.15, 0.2) is 0 Å². The van der Waals surface area contributed by atoms with E-state index in [4.69, 9.17) is 0 Å². The molecule has 0 atom stereocenters. The van der Waals surface area contributed by atoms with Gasteiger partial charge in [-0.3, -0.25) is 10.1 Å². The van der Waals surface area contributed by atoms with Crippen LogP contribution in [0.4, 0.5) is 10.1 Å². The maximum Gasteiger partial charge on any atom is 0.306 e. The number of aryl methyl sites for hydroxylation is 1. The number of rotatable bonds is 5. The van der Waals surface area contributed by atoms with Gasteiger partial charge in [0, 0.05) is 25.0 Å². The van der Waals surface area contributed by atoms with Crippen LogP contribution in [0.15, 0.2) is 35.5 Å². The minimum Gasteiger partial charge on any atom is -0.367 e. The lowest BCUT2D eigenvalue weighted by Gasteiger charge is -2.09. The molecule has 0 aliphatic heterocycles. The van der Waals surface area contributed by atoms with Gasteiger partial charge in [0.05, 0.1) is 9.82 Å². The van der Waals surface area contributed by atoms with Crippen molar-refractivity contribution in [3.63, 3.8) is 0 Å². The van der Waals surface area contributed by atoms with Crippen molar-refractivity contribution in [1.82, 2.24) is 9.71 Å². The number of nitro benzene ring substituents is 1. The standard InChI is InChI=1S/C12H12FN3O4S/c1-8-4-10(13)11(16(17)18)5-12(8)21(19,20)15-7-9-2-3-14-6-9/h2-6,14-15H,7H2,1H3. The average molecular weight is 313 g/mol. The Balaban J connectivity index is 2.35. The third-order valence-corrected chi connectivity index (χ3v) is 4.40. The van der Waals surface area contributed by atoms with E-state index in [-0.39, 0.29) is 17.0 Å². The van der Waals surface area contributed by atoms with Gasteiger partial charge in [0.1, 0.15) is 0 Å². The molecule has 0 spiro atoms. The van der Waals surface area contributed by atoms with E-state index < -0.39 is 26.5 Å². The van der Waals surface area contributed by atoms with Crippen LogP contribution in [0.25, 0.3) is 0 Å². The molecule has 0 aliphatic carbocycles. The second-order valence-corrected chi connectivity index (χ2v) is 6.11. The number of hydrogen-bond donors (Lipinski definition) is 2. The van der Waals surface area contributed by atoms with Crippen molar-refractivity contribution in [3.05, 3.63) is 57.7 Å². The average Bonchev–Trinajstić information content (AvgIpc) is 2.88. The molecule has 2 aromatic rings. The predicted octanol–water partition coefficient (Wildman–Crippen LogP) is 1.85. The van der Waals surface area contributed by atoms with Crippen molar-refractivity contribution in [2.24, 2.45) is 0 Å². The minimum atomic E-state index is -3.97. The van der Waals surface area contributed by atoms with E-state index in [0.717, 1.165) is 12.1 Å². The number of H-pyrrole nitrogens is 1. The van der Waals surface area contributed by atoms with Gasteiger partial charge in [-0.25, -0.2) is 13.1 Å².